The minimum Gasteiger partial charge on any atom is -0.495 e. The fraction of sp³-hybridized carbons (Fsp3) is 0.393. The molecule has 0 radical (unpaired) electrons. The largest absolute Gasteiger partial charge is 0.495 e. The third-order valence-corrected chi connectivity index (χ3v) is 5.33. The number of benzene rings is 2. The third kappa shape index (κ3) is 14.9. The summed E-state index contributed by atoms with van der Waals surface area (Å²) in [7, 11) is 7.86. The van der Waals surface area contributed by atoms with Gasteiger partial charge in [0.15, 0.2) is 0 Å². The molecule has 0 fully saturated rings. The van der Waals surface area contributed by atoms with Gasteiger partial charge in [-0.1, -0.05) is 12.1 Å². The fourth-order valence-electron chi connectivity index (χ4n) is 3.27. The number of esters is 4. The summed E-state index contributed by atoms with van der Waals surface area (Å²) >= 11 is 0. The number of rotatable bonds is 13. The van der Waals surface area contributed by atoms with Crippen molar-refractivity contribution in [2.24, 2.45) is 0 Å². The summed E-state index contributed by atoms with van der Waals surface area (Å²) in [5.74, 6) is -2.17. The van der Waals surface area contributed by atoms with Crippen LogP contribution < -0.4 is 19.3 Å². The van der Waals surface area contributed by atoms with E-state index in [1.165, 1.54) is 70.7 Å². The molecule has 0 heterocycles. The maximum Gasteiger partial charge on any atom is 0.325 e. The lowest BCUT2D eigenvalue weighted by molar-refractivity contribution is -0.384. The number of hydrogen-bond donors (Lipinski definition) is 1. The number of nitro benzene ring substituents is 1. The molecule has 17 nitrogen and oxygen atoms in total. The average Bonchev–Trinajstić information content (AvgIpc) is 3.03. The molecule has 0 amide bonds. The van der Waals surface area contributed by atoms with Crippen molar-refractivity contribution in [2.45, 2.75) is 6.92 Å². The maximum atomic E-state index is 11.5. The van der Waals surface area contributed by atoms with Crippen LogP contribution in [-0.4, -0.2) is 109 Å². The van der Waals surface area contributed by atoms with Crippen molar-refractivity contribution >= 4 is 46.9 Å². The number of non-ortho nitro benzene ring substituents is 1. The first-order chi connectivity index (χ1) is 21.3. The molecule has 0 spiro atoms. The van der Waals surface area contributed by atoms with Crippen molar-refractivity contribution in [1.29, 1.82) is 0 Å². The summed E-state index contributed by atoms with van der Waals surface area (Å²) < 4.78 is 28.7. The lowest BCUT2D eigenvalue weighted by Crippen LogP contribution is -2.35. The van der Waals surface area contributed by atoms with Crippen LogP contribution in [0.5, 0.6) is 11.5 Å². The second-order valence-electron chi connectivity index (χ2n) is 8.32. The number of carbonyl (C=O) groups excluding carboxylic acids is 4. The quantitative estimate of drug-likeness (QED) is 0.143. The molecule has 2 aromatic carbocycles. The van der Waals surface area contributed by atoms with Crippen LogP contribution in [0.1, 0.15) is 6.92 Å². The van der Waals surface area contributed by atoms with Gasteiger partial charge in [-0.2, -0.15) is 0 Å². The summed E-state index contributed by atoms with van der Waals surface area (Å²) in [5.41, 5.74) is 0.793. The van der Waals surface area contributed by atoms with E-state index in [1.807, 2.05) is 0 Å². The van der Waals surface area contributed by atoms with Crippen LogP contribution in [0.3, 0.4) is 0 Å². The Hall–Kier alpha value is -5.61. The van der Waals surface area contributed by atoms with Crippen LogP contribution in [0.25, 0.3) is 0 Å². The van der Waals surface area contributed by atoms with Gasteiger partial charge in [-0.05, 0) is 18.2 Å². The second-order valence-corrected chi connectivity index (χ2v) is 8.32. The van der Waals surface area contributed by atoms with Gasteiger partial charge in [-0.15, -0.1) is 0 Å². The minimum atomic E-state index is -0.833. The van der Waals surface area contributed by atoms with Gasteiger partial charge in [0.1, 0.15) is 37.7 Å². The molecule has 45 heavy (non-hydrogen) atoms. The van der Waals surface area contributed by atoms with Gasteiger partial charge >= 0.3 is 23.9 Å². The van der Waals surface area contributed by atoms with Gasteiger partial charge in [-0.25, -0.2) is 0 Å². The maximum absolute atomic E-state index is 11.5. The Bertz CT molecular complexity index is 1260. The van der Waals surface area contributed by atoms with E-state index in [0.717, 1.165) is 6.92 Å². The number of carboxylic acid groups (broad SMARTS) is 1. The summed E-state index contributed by atoms with van der Waals surface area (Å²) in [5, 5.41) is 18.2. The van der Waals surface area contributed by atoms with Crippen molar-refractivity contribution in [3.63, 3.8) is 0 Å². The SMILES string of the molecule is CC(=O)O.COC(=O)CN(CC(=O)OC)c1ccc([N+](=O)[O-])cc1OC.COC(=O)CN(CC(=O)OC)c1ccccc1OC. The Balaban J connectivity index is 0.000000775. The topological polar surface area (TPSA) is 211 Å². The van der Waals surface area contributed by atoms with E-state index in [9.17, 15) is 29.3 Å². The van der Waals surface area contributed by atoms with Crippen LogP contribution in [0.4, 0.5) is 17.1 Å². The highest BCUT2D eigenvalue weighted by molar-refractivity contribution is 5.83. The fourth-order valence-corrected chi connectivity index (χ4v) is 3.27. The van der Waals surface area contributed by atoms with Gasteiger partial charge in [0.25, 0.3) is 11.7 Å². The highest BCUT2D eigenvalue weighted by atomic mass is 16.6. The first-order valence-electron chi connectivity index (χ1n) is 12.7. The van der Waals surface area contributed by atoms with Crippen LogP contribution >= 0.6 is 0 Å². The first-order valence-corrected chi connectivity index (χ1v) is 12.7. The van der Waals surface area contributed by atoms with Gasteiger partial charge < -0.3 is 43.3 Å². The predicted octanol–water partition coefficient (Wildman–Crippen LogP) is 1.69. The van der Waals surface area contributed by atoms with E-state index >= 15 is 0 Å². The van der Waals surface area contributed by atoms with Gasteiger partial charge in [0.05, 0.1) is 65.0 Å². The van der Waals surface area contributed by atoms with Crippen molar-refractivity contribution in [3.8, 4) is 11.5 Å². The molecular formula is C28H37N3O14. The van der Waals surface area contributed by atoms with E-state index < -0.39 is 34.8 Å². The molecule has 0 aliphatic heterocycles. The molecule has 0 aliphatic carbocycles. The molecule has 0 unspecified atom stereocenters. The zero-order chi connectivity index (χ0) is 34.5. The number of nitro groups is 1. The van der Waals surface area contributed by atoms with Crippen LogP contribution in [0.15, 0.2) is 42.5 Å². The number of para-hydroxylation sites is 2. The molecule has 0 aliphatic rings. The Morgan fingerprint density at radius 1 is 0.667 bits per heavy atom. The number of hydrogen-bond acceptors (Lipinski definition) is 15. The highest BCUT2D eigenvalue weighted by Crippen LogP contribution is 2.32. The van der Waals surface area contributed by atoms with Crippen LogP contribution in [-0.2, 0) is 42.9 Å². The Kier molecular flexibility index (Phi) is 18.5. The highest BCUT2D eigenvalue weighted by Gasteiger charge is 2.22. The predicted molar refractivity (Wildman–Crippen MR) is 158 cm³/mol. The van der Waals surface area contributed by atoms with Crippen molar-refractivity contribution in [2.75, 3.05) is 78.6 Å². The molecule has 1 N–H and O–H groups in total. The molecule has 2 aromatic rings. The Labute approximate surface area is 259 Å². The van der Waals surface area contributed by atoms with E-state index in [4.69, 9.17) is 19.4 Å². The number of methoxy groups -OCH3 is 6. The zero-order valence-corrected chi connectivity index (χ0v) is 26.0. The zero-order valence-electron chi connectivity index (χ0n) is 26.0. The number of anilines is 2. The minimum absolute atomic E-state index is 0.0635. The standard InChI is InChI=1S/C13H16N2O7.C13H17NO5.C2H4O2/c1-20-11-6-9(15(18)19)4-5-10(11)14(7-12(16)21-2)8-13(17)22-3;1-17-11-7-5-4-6-10(11)14(8-12(15)18-2)9-13(16)19-3;1-2(3)4/h4-6H,7-8H2,1-3H3;4-7H,8-9H2,1-3H3;1H3,(H,3,4). The number of nitrogens with zero attached hydrogens (tertiary/aromatic N) is 3. The Morgan fingerprint density at radius 2 is 1.02 bits per heavy atom. The van der Waals surface area contributed by atoms with Gasteiger partial charge in [0.2, 0.25) is 0 Å². The third-order valence-electron chi connectivity index (χ3n) is 5.33. The van der Waals surface area contributed by atoms with E-state index in [2.05, 4.69) is 18.9 Å². The molecule has 0 saturated carbocycles. The second kappa shape index (κ2) is 21.1. The van der Waals surface area contributed by atoms with Crippen LogP contribution in [0.2, 0.25) is 0 Å². The van der Waals surface area contributed by atoms with Crippen molar-refractivity contribution in [3.05, 3.63) is 52.6 Å². The normalized spacial score (nSPS) is 9.40. The number of aliphatic carboxylic acids is 1. The molecule has 2 rings (SSSR count). The molecular weight excluding hydrogens is 602 g/mol. The van der Waals surface area contributed by atoms with Gasteiger partial charge in [-0.3, -0.25) is 34.1 Å². The number of carboxylic acids is 1. The number of carbonyl (C=O) groups is 5. The summed E-state index contributed by atoms with van der Waals surface area (Å²) in [6, 6.07) is 10.9. The molecule has 0 bridgehead atoms. The molecule has 0 saturated heterocycles. The van der Waals surface area contributed by atoms with Crippen molar-refractivity contribution < 1.29 is 62.4 Å². The lowest BCUT2D eigenvalue weighted by Gasteiger charge is -2.23. The average molecular weight is 640 g/mol. The Morgan fingerprint density at radius 3 is 1.36 bits per heavy atom. The summed E-state index contributed by atoms with van der Waals surface area (Å²) in [4.78, 5) is 67.9. The van der Waals surface area contributed by atoms with E-state index in [1.54, 1.807) is 24.3 Å². The molecule has 17 heteroatoms. The molecule has 0 atom stereocenters. The first kappa shape index (κ1) is 39.4. The summed E-state index contributed by atoms with van der Waals surface area (Å²) in [6.45, 7) is 0.484. The number of ether oxygens (including phenoxy) is 6. The molecule has 248 valence electrons. The van der Waals surface area contributed by atoms with Crippen LogP contribution in [0, 0.1) is 10.1 Å². The monoisotopic (exact) mass is 639 g/mol. The smallest absolute Gasteiger partial charge is 0.325 e. The van der Waals surface area contributed by atoms with E-state index in [0.29, 0.717) is 17.1 Å². The van der Waals surface area contributed by atoms with Crippen molar-refractivity contribution in [1.82, 2.24) is 0 Å². The molecule has 0 aromatic heterocycles. The van der Waals surface area contributed by atoms with E-state index in [-0.39, 0.29) is 37.6 Å². The lowest BCUT2D eigenvalue weighted by atomic mass is 10.2. The summed E-state index contributed by atoms with van der Waals surface area (Å²) in [6.07, 6.45) is 0. The van der Waals surface area contributed by atoms with Gasteiger partial charge in [0, 0.05) is 13.0 Å².